The molecule has 0 unspecified atom stereocenters. The van der Waals surface area contributed by atoms with Gasteiger partial charge in [-0.25, -0.2) is 8.78 Å². The molecular formula is C9H11F2NO. The van der Waals surface area contributed by atoms with Crippen LogP contribution in [0.15, 0.2) is 18.2 Å². The molecule has 13 heavy (non-hydrogen) atoms. The molecule has 0 aliphatic heterocycles. The Morgan fingerprint density at radius 2 is 2.08 bits per heavy atom. The number of halogens is 2. The number of aliphatic hydroxyl groups is 1. The second kappa shape index (κ2) is 4.30. The van der Waals surface area contributed by atoms with Crippen molar-refractivity contribution in [3.05, 3.63) is 35.4 Å². The monoisotopic (exact) mass is 187 g/mol. The van der Waals surface area contributed by atoms with Crippen LogP contribution in [0.3, 0.4) is 0 Å². The summed E-state index contributed by atoms with van der Waals surface area (Å²) >= 11 is 0. The standard InChI is InChI=1S/C9H11F2NO/c10-6-1-2-8(11)7(5-6)9(13)3-4-12/h1-2,5,9,13H,3-4,12H2/t9-/m1/s1. The molecule has 1 atom stereocenters. The predicted octanol–water partition coefficient (Wildman–Crippen LogP) is 1.35. The molecule has 0 aliphatic rings. The van der Waals surface area contributed by atoms with Crippen LogP contribution in [-0.4, -0.2) is 11.7 Å². The third-order valence-corrected chi connectivity index (χ3v) is 1.76. The van der Waals surface area contributed by atoms with Crippen molar-refractivity contribution >= 4 is 0 Å². The Labute approximate surface area is 75.0 Å². The van der Waals surface area contributed by atoms with Crippen LogP contribution in [0.4, 0.5) is 8.78 Å². The van der Waals surface area contributed by atoms with Gasteiger partial charge in [0, 0.05) is 5.56 Å². The molecule has 1 aromatic rings. The summed E-state index contributed by atoms with van der Waals surface area (Å²) in [6, 6.07) is 2.98. The Kier molecular flexibility index (Phi) is 3.33. The van der Waals surface area contributed by atoms with E-state index in [-0.39, 0.29) is 18.5 Å². The van der Waals surface area contributed by atoms with Crippen LogP contribution in [0.25, 0.3) is 0 Å². The third-order valence-electron chi connectivity index (χ3n) is 1.76. The van der Waals surface area contributed by atoms with Crippen molar-refractivity contribution in [2.45, 2.75) is 12.5 Å². The van der Waals surface area contributed by atoms with E-state index >= 15 is 0 Å². The lowest BCUT2D eigenvalue weighted by atomic mass is 10.1. The smallest absolute Gasteiger partial charge is 0.129 e. The van der Waals surface area contributed by atoms with E-state index in [4.69, 9.17) is 5.73 Å². The summed E-state index contributed by atoms with van der Waals surface area (Å²) in [5, 5.41) is 9.34. The van der Waals surface area contributed by atoms with Gasteiger partial charge in [0.1, 0.15) is 11.6 Å². The molecule has 0 saturated heterocycles. The quantitative estimate of drug-likeness (QED) is 0.750. The van der Waals surface area contributed by atoms with Crippen LogP contribution in [-0.2, 0) is 0 Å². The zero-order valence-electron chi connectivity index (χ0n) is 7.00. The first kappa shape index (κ1) is 10.1. The van der Waals surface area contributed by atoms with Crippen LogP contribution >= 0.6 is 0 Å². The first-order valence-corrected chi connectivity index (χ1v) is 3.98. The van der Waals surface area contributed by atoms with Gasteiger partial charge in [0.15, 0.2) is 0 Å². The number of nitrogens with two attached hydrogens (primary N) is 1. The molecule has 1 aromatic carbocycles. The molecule has 0 spiro atoms. The minimum absolute atomic E-state index is 0.0366. The molecule has 2 nitrogen and oxygen atoms in total. The fourth-order valence-corrected chi connectivity index (χ4v) is 1.08. The second-order valence-corrected chi connectivity index (χ2v) is 2.76. The van der Waals surface area contributed by atoms with Gasteiger partial charge in [-0.05, 0) is 31.2 Å². The summed E-state index contributed by atoms with van der Waals surface area (Å²) in [4.78, 5) is 0. The van der Waals surface area contributed by atoms with Gasteiger partial charge in [-0.2, -0.15) is 0 Å². The first-order chi connectivity index (χ1) is 6.15. The topological polar surface area (TPSA) is 46.2 Å². The Bertz CT molecular complexity index is 291. The summed E-state index contributed by atoms with van der Waals surface area (Å²) in [5.41, 5.74) is 5.14. The molecule has 72 valence electrons. The summed E-state index contributed by atoms with van der Waals surface area (Å²) in [7, 11) is 0. The minimum Gasteiger partial charge on any atom is -0.388 e. The molecule has 0 aliphatic carbocycles. The van der Waals surface area contributed by atoms with Crippen LogP contribution in [0.1, 0.15) is 18.1 Å². The van der Waals surface area contributed by atoms with E-state index in [1.54, 1.807) is 0 Å². The highest BCUT2D eigenvalue weighted by Gasteiger charge is 2.12. The second-order valence-electron chi connectivity index (χ2n) is 2.76. The zero-order valence-corrected chi connectivity index (χ0v) is 7.00. The summed E-state index contributed by atoms with van der Waals surface area (Å²) in [5.74, 6) is -1.17. The average Bonchev–Trinajstić information content (AvgIpc) is 2.09. The number of hydrogen-bond acceptors (Lipinski definition) is 2. The highest BCUT2D eigenvalue weighted by molar-refractivity contribution is 5.20. The van der Waals surface area contributed by atoms with E-state index in [9.17, 15) is 13.9 Å². The third kappa shape index (κ3) is 2.47. The normalized spacial score (nSPS) is 12.9. The maximum atomic E-state index is 13.0. The maximum Gasteiger partial charge on any atom is 0.129 e. The fourth-order valence-electron chi connectivity index (χ4n) is 1.08. The van der Waals surface area contributed by atoms with Crippen molar-refractivity contribution < 1.29 is 13.9 Å². The van der Waals surface area contributed by atoms with Crippen molar-refractivity contribution in [1.29, 1.82) is 0 Å². The molecule has 0 bridgehead atoms. The molecule has 0 aromatic heterocycles. The van der Waals surface area contributed by atoms with Gasteiger partial charge in [-0.15, -0.1) is 0 Å². The lowest BCUT2D eigenvalue weighted by Crippen LogP contribution is -2.08. The van der Waals surface area contributed by atoms with E-state index in [0.717, 1.165) is 18.2 Å². The number of benzene rings is 1. The minimum atomic E-state index is -1.03. The first-order valence-electron chi connectivity index (χ1n) is 3.98. The summed E-state index contributed by atoms with van der Waals surface area (Å²) < 4.78 is 25.6. The molecule has 3 N–H and O–H groups in total. The van der Waals surface area contributed by atoms with Gasteiger partial charge in [-0.3, -0.25) is 0 Å². The van der Waals surface area contributed by atoms with Crippen molar-refractivity contribution in [1.82, 2.24) is 0 Å². The SMILES string of the molecule is NCC[C@@H](O)c1cc(F)ccc1F. The molecule has 0 amide bonds. The van der Waals surface area contributed by atoms with E-state index in [2.05, 4.69) is 0 Å². The Hall–Kier alpha value is -1.00. The zero-order chi connectivity index (χ0) is 9.84. The van der Waals surface area contributed by atoms with Gasteiger partial charge in [0.05, 0.1) is 6.10 Å². The molecule has 1 rings (SSSR count). The van der Waals surface area contributed by atoms with Gasteiger partial charge < -0.3 is 10.8 Å². The lowest BCUT2D eigenvalue weighted by Gasteiger charge is -2.10. The van der Waals surface area contributed by atoms with Crippen molar-refractivity contribution in [2.24, 2.45) is 5.73 Å². The van der Waals surface area contributed by atoms with Crippen molar-refractivity contribution in [3.63, 3.8) is 0 Å². The number of rotatable bonds is 3. The van der Waals surface area contributed by atoms with Crippen LogP contribution in [0.2, 0.25) is 0 Å². The highest BCUT2D eigenvalue weighted by atomic mass is 19.1. The Morgan fingerprint density at radius 3 is 2.69 bits per heavy atom. The molecule has 0 radical (unpaired) electrons. The van der Waals surface area contributed by atoms with Crippen LogP contribution < -0.4 is 5.73 Å². The number of hydrogen-bond donors (Lipinski definition) is 2. The molecular weight excluding hydrogens is 176 g/mol. The van der Waals surface area contributed by atoms with Crippen molar-refractivity contribution in [3.8, 4) is 0 Å². The fraction of sp³-hybridized carbons (Fsp3) is 0.333. The lowest BCUT2D eigenvalue weighted by molar-refractivity contribution is 0.165. The predicted molar refractivity (Wildman–Crippen MR) is 45.0 cm³/mol. The van der Waals surface area contributed by atoms with Gasteiger partial charge in [0.2, 0.25) is 0 Å². The number of aliphatic hydroxyl groups excluding tert-OH is 1. The Morgan fingerprint density at radius 1 is 1.38 bits per heavy atom. The Balaban J connectivity index is 2.91. The maximum absolute atomic E-state index is 13.0. The molecule has 0 heterocycles. The van der Waals surface area contributed by atoms with Gasteiger partial charge in [-0.1, -0.05) is 0 Å². The van der Waals surface area contributed by atoms with Gasteiger partial charge >= 0.3 is 0 Å². The van der Waals surface area contributed by atoms with E-state index in [1.807, 2.05) is 0 Å². The van der Waals surface area contributed by atoms with Crippen LogP contribution in [0.5, 0.6) is 0 Å². The van der Waals surface area contributed by atoms with E-state index < -0.39 is 17.7 Å². The molecule has 0 saturated carbocycles. The van der Waals surface area contributed by atoms with E-state index in [1.165, 1.54) is 0 Å². The molecule has 0 fully saturated rings. The summed E-state index contributed by atoms with van der Waals surface area (Å²) in [6.45, 7) is 0.233. The van der Waals surface area contributed by atoms with Gasteiger partial charge in [0.25, 0.3) is 0 Å². The van der Waals surface area contributed by atoms with Crippen LogP contribution in [0, 0.1) is 11.6 Å². The largest absolute Gasteiger partial charge is 0.388 e. The highest BCUT2D eigenvalue weighted by Crippen LogP contribution is 2.20. The van der Waals surface area contributed by atoms with Crippen molar-refractivity contribution in [2.75, 3.05) is 6.54 Å². The van der Waals surface area contributed by atoms with E-state index in [0.29, 0.717) is 0 Å². The summed E-state index contributed by atoms with van der Waals surface area (Å²) in [6.07, 6.45) is -0.805. The molecule has 4 heteroatoms. The average molecular weight is 187 g/mol.